The van der Waals surface area contributed by atoms with Crippen molar-refractivity contribution in [2.45, 2.75) is 32.2 Å². The van der Waals surface area contributed by atoms with Crippen molar-refractivity contribution in [3.8, 4) is 0 Å². The number of amides is 1. The molecule has 120 valence electrons. The molecular weight excluding hydrogens is 284 g/mol. The number of carbonyl (C=O) groups is 1. The molecule has 1 aliphatic heterocycles. The summed E-state index contributed by atoms with van der Waals surface area (Å²) in [5, 5.41) is 2.81. The lowest BCUT2D eigenvalue weighted by atomic mass is 9.90. The molecule has 3 nitrogen and oxygen atoms in total. The second kappa shape index (κ2) is 7.42. The van der Waals surface area contributed by atoms with E-state index >= 15 is 0 Å². The fourth-order valence-corrected chi connectivity index (χ4v) is 3.35. The van der Waals surface area contributed by atoms with Gasteiger partial charge in [0, 0.05) is 25.7 Å². The molecule has 3 heteroatoms. The molecule has 1 fully saturated rings. The molecule has 1 N–H and O–H groups in total. The molecule has 1 saturated heterocycles. The monoisotopic (exact) mass is 308 g/mol. The molecule has 0 aliphatic carbocycles. The summed E-state index contributed by atoms with van der Waals surface area (Å²) in [6.45, 7) is 4.79. The molecule has 1 heterocycles. The van der Waals surface area contributed by atoms with E-state index in [0.29, 0.717) is 5.92 Å². The van der Waals surface area contributed by atoms with Gasteiger partial charge in [-0.3, -0.25) is 9.69 Å². The molecule has 2 aromatic carbocycles. The molecule has 1 aliphatic rings. The van der Waals surface area contributed by atoms with E-state index < -0.39 is 0 Å². The third kappa shape index (κ3) is 4.42. The number of hydrogen-bond donors (Lipinski definition) is 1. The highest BCUT2D eigenvalue weighted by atomic mass is 16.1. The third-order valence-corrected chi connectivity index (χ3v) is 4.46. The van der Waals surface area contributed by atoms with Gasteiger partial charge in [0.05, 0.1) is 0 Å². The van der Waals surface area contributed by atoms with Gasteiger partial charge in [-0.2, -0.15) is 0 Å². The van der Waals surface area contributed by atoms with Crippen LogP contribution < -0.4 is 5.32 Å². The predicted molar refractivity (Wildman–Crippen MR) is 94.4 cm³/mol. The van der Waals surface area contributed by atoms with Crippen LogP contribution in [0.15, 0.2) is 54.6 Å². The van der Waals surface area contributed by atoms with E-state index in [9.17, 15) is 4.79 Å². The predicted octanol–water partition coefficient (Wildman–Crippen LogP) is 4.02. The summed E-state index contributed by atoms with van der Waals surface area (Å²) in [4.78, 5) is 13.6. The van der Waals surface area contributed by atoms with Gasteiger partial charge < -0.3 is 5.32 Å². The zero-order chi connectivity index (χ0) is 16.1. The van der Waals surface area contributed by atoms with Crippen LogP contribution in [-0.4, -0.2) is 23.9 Å². The van der Waals surface area contributed by atoms with Crippen LogP contribution >= 0.6 is 0 Å². The van der Waals surface area contributed by atoms with Crippen molar-refractivity contribution in [1.82, 2.24) is 4.90 Å². The van der Waals surface area contributed by atoms with E-state index in [4.69, 9.17) is 0 Å². The first-order chi connectivity index (χ1) is 11.2. The van der Waals surface area contributed by atoms with Gasteiger partial charge in [-0.15, -0.1) is 0 Å². The highest BCUT2D eigenvalue weighted by Crippen LogP contribution is 2.27. The molecule has 1 atom stereocenters. The Hall–Kier alpha value is -2.13. The quantitative estimate of drug-likeness (QED) is 0.925. The summed E-state index contributed by atoms with van der Waals surface area (Å²) in [6, 6.07) is 19.0. The minimum absolute atomic E-state index is 0.0283. The number of carbonyl (C=O) groups excluding carboxylic acids is 1. The summed E-state index contributed by atoms with van der Waals surface area (Å²) in [6.07, 6.45) is 2.53. The lowest BCUT2D eigenvalue weighted by Gasteiger charge is -2.33. The number of nitrogens with one attached hydrogen (secondary N) is 1. The van der Waals surface area contributed by atoms with Gasteiger partial charge in [-0.1, -0.05) is 42.5 Å². The van der Waals surface area contributed by atoms with Gasteiger partial charge in [0.1, 0.15) is 0 Å². The number of nitrogens with zero attached hydrogens (tertiary/aromatic N) is 1. The molecule has 0 aromatic heterocycles. The number of rotatable bonds is 4. The first kappa shape index (κ1) is 15.8. The molecular formula is C20H24N2O. The fraction of sp³-hybridized carbons (Fsp3) is 0.350. The molecule has 0 radical (unpaired) electrons. The molecule has 0 spiro atoms. The highest BCUT2D eigenvalue weighted by molar-refractivity contribution is 5.88. The highest BCUT2D eigenvalue weighted by Gasteiger charge is 2.21. The second-order valence-corrected chi connectivity index (χ2v) is 6.36. The van der Waals surface area contributed by atoms with Gasteiger partial charge in [-0.05, 0) is 48.6 Å². The SMILES string of the molecule is CC(=O)Nc1ccc(CN2CCC[C@H](c3ccccc3)C2)cc1. The van der Waals surface area contributed by atoms with Gasteiger partial charge in [-0.25, -0.2) is 0 Å². The molecule has 0 bridgehead atoms. The Morgan fingerprint density at radius 3 is 2.57 bits per heavy atom. The van der Waals surface area contributed by atoms with Crippen LogP contribution in [0.5, 0.6) is 0 Å². The molecule has 2 aromatic rings. The van der Waals surface area contributed by atoms with Crippen LogP contribution in [0.25, 0.3) is 0 Å². The molecule has 0 unspecified atom stereocenters. The Balaban J connectivity index is 1.60. The van der Waals surface area contributed by atoms with Gasteiger partial charge in [0.15, 0.2) is 0 Å². The van der Waals surface area contributed by atoms with E-state index in [1.807, 2.05) is 12.1 Å². The van der Waals surface area contributed by atoms with Crippen LogP contribution in [0.1, 0.15) is 36.8 Å². The van der Waals surface area contributed by atoms with E-state index in [2.05, 4.69) is 52.7 Å². The van der Waals surface area contributed by atoms with Gasteiger partial charge in [0.2, 0.25) is 5.91 Å². The zero-order valence-electron chi connectivity index (χ0n) is 13.7. The van der Waals surface area contributed by atoms with Crippen LogP contribution in [0, 0.1) is 0 Å². The number of piperidine rings is 1. The first-order valence-electron chi connectivity index (χ1n) is 8.34. The maximum atomic E-state index is 11.1. The Labute approximate surface area is 138 Å². The number of likely N-dealkylation sites (tertiary alicyclic amines) is 1. The number of hydrogen-bond acceptors (Lipinski definition) is 2. The van der Waals surface area contributed by atoms with Crippen molar-refractivity contribution >= 4 is 11.6 Å². The van der Waals surface area contributed by atoms with Crippen molar-refractivity contribution in [3.05, 3.63) is 65.7 Å². The third-order valence-electron chi connectivity index (χ3n) is 4.46. The number of anilines is 1. The largest absolute Gasteiger partial charge is 0.326 e. The number of benzene rings is 2. The van der Waals surface area contributed by atoms with Crippen LogP contribution in [0.3, 0.4) is 0 Å². The van der Waals surface area contributed by atoms with Crippen molar-refractivity contribution in [2.24, 2.45) is 0 Å². The fourth-order valence-electron chi connectivity index (χ4n) is 3.35. The minimum atomic E-state index is -0.0283. The second-order valence-electron chi connectivity index (χ2n) is 6.36. The lowest BCUT2D eigenvalue weighted by Crippen LogP contribution is -2.33. The van der Waals surface area contributed by atoms with Crippen LogP contribution in [0.2, 0.25) is 0 Å². The van der Waals surface area contributed by atoms with E-state index in [0.717, 1.165) is 25.3 Å². The molecule has 23 heavy (non-hydrogen) atoms. The molecule has 0 saturated carbocycles. The average molecular weight is 308 g/mol. The van der Waals surface area contributed by atoms with E-state index in [1.165, 1.54) is 30.9 Å². The van der Waals surface area contributed by atoms with Crippen molar-refractivity contribution in [3.63, 3.8) is 0 Å². The van der Waals surface area contributed by atoms with Crippen molar-refractivity contribution in [1.29, 1.82) is 0 Å². The Bertz CT molecular complexity index is 636. The summed E-state index contributed by atoms with van der Waals surface area (Å²) < 4.78 is 0. The topological polar surface area (TPSA) is 32.3 Å². The Morgan fingerprint density at radius 1 is 1.13 bits per heavy atom. The van der Waals surface area contributed by atoms with Crippen molar-refractivity contribution < 1.29 is 4.79 Å². The minimum Gasteiger partial charge on any atom is -0.326 e. The summed E-state index contributed by atoms with van der Waals surface area (Å²) in [7, 11) is 0. The van der Waals surface area contributed by atoms with Gasteiger partial charge in [0.25, 0.3) is 0 Å². The summed E-state index contributed by atoms with van der Waals surface area (Å²) >= 11 is 0. The average Bonchev–Trinajstić information content (AvgIpc) is 2.57. The van der Waals surface area contributed by atoms with Gasteiger partial charge >= 0.3 is 0 Å². The zero-order valence-corrected chi connectivity index (χ0v) is 13.7. The summed E-state index contributed by atoms with van der Waals surface area (Å²) in [5.41, 5.74) is 3.62. The van der Waals surface area contributed by atoms with E-state index in [-0.39, 0.29) is 5.91 Å². The first-order valence-corrected chi connectivity index (χ1v) is 8.34. The smallest absolute Gasteiger partial charge is 0.221 e. The normalized spacial score (nSPS) is 18.6. The van der Waals surface area contributed by atoms with Crippen molar-refractivity contribution in [2.75, 3.05) is 18.4 Å². The Morgan fingerprint density at radius 2 is 1.87 bits per heavy atom. The van der Waals surface area contributed by atoms with E-state index in [1.54, 1.807) is 0 Å². The molecule has 3 rings (SSSR count). The summed E-state index contributed by atoms with van der Waals surface area (Å²) in [5.74, 6) is 0.614. The lowest BCUT2D eigenvalue weighted by molar-refractivity contribution is -0.114. The maximum Gasteiger partial charge on any atom is 0.221 e. The van der Waals surface area contributed by atoms with Crippen LogP contribution in [-0.2, 0) is 11.3 Å². The maximum absolute atomic E-state index is 11.1. The molecule has 1 amide bonds. The Kier molecular flexibility index (Phi) is 5.09. The standard InChI is InChI=1S/C20H24N2O/c1-16(23)21-20-11-9-17(10-12-20)14-22-13-5-8-19(15-22)18-6-3-2-4-7-18/h2-4,6-7,9-12,19H,5,8,13-15H2,1H3,(H,21,23)/t19-/m0/s1. The van der Waals surface area contributed by atoms with Crippen LogP contribution in [0.4, 0.5) is 5.69 Å².